The van der Waals surface area contributed by atoms with Crippen LogP contribution in [0.5, 0.6) is 0 Å². The summed E-state index contributed by atoms with van der Waals surface area (Å²) in [6.07, 6.45) is 3.94. The molecule has 1 aromatic carbocycles. The van der Waals surface area contributed by atoms with Gasteiger partial charge < -0.3 is 10.5 Å². The Hall–Kier alpha value is -1.53. The summed E-state index contributed by atoms with van der Waals surface area (Å²) < 4.78 is 18.9. The number of nitrogens with zero attached hydrogens (tertiary/aromatic N) is 1. The highest BCUT2D eigenvalue weighted by Gasteiger charge is 2.22. The molecule has 6 heteroatoms. The minimum absolute atomic E-state index is 0.00250. The van der Waals surface area contributed by atoms with Gasteiger partial charge in [-0.05, 0) is 24.5 Å². The van der Waals surface area contributed by atoms with Gasteiger partial charge in [-0.3, -0.25) is 10.1 Å². The first-order valence-corrected chi connectivity index (χ1v) is 6.37. The van der Waals surface area contributed by atoms with Crippen LogP contribution < -0.4 is 5.73 Å². The van der Waals surface area contributed by atoms with Crippen molar-refractivity contribution in [3.05, 3.63) is 39.7 Å². The Kier molecular flexibility index (Phi) is 4.44. The predicted octanol–water partition coefficient (Wildman–Crippen LogP) is 2.52. The van der Waals surface area contributed by atoms with Gasteiger partial charge in [0.1, 0.15) is 5.82 Å². The second-order valence-corrected chi connectivity index (χ2v) is 4.87. The molecule has 0 saturated heterocycles. The third kappa shape index (κ3) is 3.71. The van der Waals surface area contributed by atoms with Crippen LogP contribution in [0.3, 0.4) is 0 Å². The van der Waals surface area contributed by atoms with Crippen molar-refractivity contribution in [2.24, 2.45) is 5.73 Å². The summed E-state index contributed by atoms with van der Waals surface area (Å²) >= 11 is 0. The largest absolute Gasteiger partial charge is 0.372 e. The summed E-state index contributed by atoms with van der Waals surface area (Å²) in [5.41, 5.74) is 6.15. The van der Waals surface area contributed by atoms with E-state index in [4.69, 9.17) is 10.5 Å². The van der Waals surface area contributed by atoms with Crippen molar-refractivity contribution < 1.29 is 14.1 Å². The van der Waals surface area contributed by atoms with Gasteiger partial charge in [-0.25, -0.2) is 4.39 Å². The number of halogens is 1. The van der Waals surface area contributed by atoms with E-state index < -0.39 is 10.7 Å². The van der Waals surface area contributed by atoms with Gasteiger partial charge in [0.15, 0.2) is 0 Å². The van der Waals surface area contributed by atoms with E-state index in [0.29, 0.717) is 5.56 Å². The van der Waals surface area contributed by atoms with Crippen LogP contribution in [0, 0.1) is 15.9 Å². The van der Waals surface area contributed by atoms with Gasteiger partial charge in [0.25, 0.3) is 5.69 Å². The lowest BCUT2D eigenvalue weighted by Gasteiger charge is -2.28. The number of nitro groups is 1. The number of non-ortho nitro benzene ring substituents is 1. The second kappa shape index (κ2) is 6.08. The molecule has 0 amide bonds. The van der Waals surface area contributed by atoms with E-state index >= 15 is 0 Å². The Balaban J connectivity index is 2.00. The van der Waals surface area contributed by atoms with E-state index in [2.05, 4.69) is 0 Å². The van der Waals surface area contributed by atoms with E-state index in [1.165, 1.54) is 12.1 Å². The first-order valence-electron chi connectivity index (χ1n) is 6.37. The molecule has 0 bridgehead atoms. The summed E-state index contributed by atoms with van der Waals surface area (Å²) in [7, 11) is 0. The van der Waals surface area contributed by atoms with E-state index in [1.54, 1.807) is 0 Å². The van der Waals surface area contributed by atoms with Gasteiger partial charge in [0, 0.05) is 12.1 Å². The second-order valence-electron chi connectivity index (χ2n) is 4.87. The average molecular weight is 268 g/mol. The summed E-state index contributed by atoms with van der Waals surface area (Å²) in [6.45, 7) is 0.150. The molecule has 1 aliphatic rings. The van der Waals surface area contributed by atoms with Crippen molar-refractivity contribution in [1.29, 1.82) is 0 Å². The molecule has 0 aliphatic heterocycles. The molecule has 1 aliphatic carbocycles. The number of rotatable bonds is 4. The monoisotopic (exact) mass is 268 g/mol. The summed E-state index contributed by atoms with van der Waals surface area (Å²) in [5, 5.41) is 10.6. The van der Waals surface area contributed by atoms with Crippen LogP contribution in [0.25, 0.3) is 0 Å². The number of ether oxygens (including phenoxy) is 1. The van der Waals surface area contributed by atoms with Gasteiger partial charge >= 0.3 is 0 Å². The molecule has 104 valence electrons. The molecule has 19 heavy (non-hydrogen) atoms. The quantitative estimate of drug-likeness (QED) is 0.672. The maximum absolute atomic E-state index is 13.2. The smallest absolute Gasteiger partial charge is 0.272 e. The Morgan fingerprint density at radius 3 is 2.79 bits per heavy atom. The summed E-state index contributed by atoms with van der Waals surface area (Å²) in [4.78, 5) is 10.0. The lowest BCUT2D eigenvalue weighted by molar-refractivity contribution is -0.385. The normalized spacial score (nSPS) is 23.3. The Labute approximate surface area is 110 Å². The molecule has 0 aromatic heterocycles. The zero-order chi connectivity index (χ0) is 13.8. The molecule has 2 unspecified atom stereocenters. The van der Waals surface area contributed by atoms with Gasteiger partial charge in [-0.1, -0.05) is 12.8 Å². The molecular weight excluding hydrogens is 251 g/mol. The highest BCUT2D eigenvalue weighted by molar-refractivity contribution is 5.34. The lowest BCUT2D eigenvalue weighted by atomic mass is 9.93. The van der Waals surface area contributed by atoms with Crippen LogP contribution in [0.1, 0.15) is 31.2 Å². The topological polar surface area (TPSA) is 78.4 Å². The third-order valence-electron chi connectivity index (χ3n) is 3.37. The van der Waals surface area contributed by atoms with Crippen LogP contribution in [0.2, 0.25) is 0 Å². The number of hydrogen-bond donors (Lipinski definition) is 1. The first kappa shape index (κ1) is 13.9. The first-order chi connectivity index (χ1) is 9.06. The summed E-state index contributed by atoms with van der Waals surface area (Å²) in [6, 6.07) is 3.48. The molecule has 2 atom stereocenters. The Bertz CT molecular complexity index is 467. The van der Waals surface area contributed by atoms with Crippen LogP contribution in [0.15, 0.2) is 18.2 Å². The molecule has 5 nitrogen and oxygen atoms in total. The standard InChI is InChI=1S/C13H17FN2O3/c14-10-5-9(6-11(7-10)16(17)18)8-19-13-4-2-1-3-12(13)15/h5-7,12-13H,1-4,8,15H2. The van der Waals surface area contributed by atoms with Crippen molar-refractivity contribution in [1.82, 2.24) is 0 Å². The molecule has 1 saturated carbocycles. The Morgan fingerprint density at radius 2 is 2.11 bits per heavy atom. The predicted molar refractivity (Wildman–Crippen MR) is 68.1 cm³/mol. The molecule has 2 N–H and O–H groups in total. The number of nitrogens with two attached hydrogens (primary N) is 1. The number of hydrogen-bond acceptors (Lipinski definition) is 4. The molecule has 0 spiro atoms. The minimum atomic E-state index is -0.624. The molecule has 1 fully saturated rings. The van der Waals surface area contributed by atoms with Crippen LogP contribution in [-0.2, 0) is 11.3 Å². The van der Waals surface area contributed by atoms with E-state index in [0.717, 1.165) is 31.7 Å². The average Bonchev–Trinajstić information content (AvgIpc) is 2.37. The van der Waals surface area contributed by atoms with Crippen molar-refractivity contribution >= 4 is 5.69 Å². The zero-order valence-corrected chi connectivity index (χ0v) is 10.5. The Morgan fingerprint density at radius 1 is 1.37 bits per heavy atom. The van der Waals surface area contributed by atoms with Gasteiger partial charge in [0.05, 0.1) is 23.7 Å². The maximum atomic E-state index is 13.2. The van der Waals surface area contributed by atoms with Crippen LogP contribution in [-0.4, -0.2) is 17.1 Å². The van der Waals surface area contributed by atoms with Gasteiger partial charge in [-0.2, -0.15) is 0 Å². The fourth-order valence-electron chi connectivity index (χ4n) is 2.36. The molecule has 2 rings (SSSR count). The third-order valence-corrected chi connectivity index (χ3v) is 3.37. The molecular formula is C13H17FN2O3. The lowest BCUT2D eigenvalue weighted by Crippen LogP contribution is -2.39. The van der Waals surface area contributed by atoms with Gasteiger partial charge in [0.2, 0.25) is 0 Å². The van der Waals surface area contributed by atoms with E-state index in [9.17, 15) is 14.5 Å². The molecule has 1 aromatic rings. The highest BCUT2D eigenvalue weighted by Crippen LogP contribution is 2.22. The van der Waals surface area contributed by atoms with Crippen LogP contribution in [0.4, 0.5) is 10.1 Å². The van der Waals surface area contributed by atoms with Gasteiger partial charge in [-0.15, -0.1) is 0 Å². The SMILES string of the molecule is NC1CCCCC1OCc1cc(F)cc([N+](=O)[O-])c1. The fourth-order valence-corrected chi connectivity index (χ4v) is 2.36. The van der Waals surface area contributed by atoms with Crippen LogP contribution >= 0.6 is 0 Å². The fraction of sp³-hybridized carbons (Fsp3) is 0.538. The highest BCUT2D eigenvalue weighted by atomic mass is 19.1. The number of benzene rings is 1. The molecule has 0 radical (unpaired) electrons. The maximum Gasteiger partial charge on any atom is 0.272 e. The van der Waals surface area contributed by atoms with Crippen molar-refractivity contribution in [2.45, 2.75) is 44.4 Å². The van der Waals surface area contributed by atoms with Crippen molar-refractivity contribution in [3.63, 3.8) is 0 Å². The minimum Gasteiger partial charge on any atom is -0.372 e. The molecule has 0 heterocycles. The van der Waals surface area contributed by atoms with E-state index in [1.807, 2.05) is 0 Å². The van der Waals surface area contributed by atoms with Crippen molar-refractivity contribution in [2.75, 3.05) is 0 Å². The zero-order valence-electron chi connectivity index (χ0n) is 10.5. The summed E-state index contributed by atoms with van der Waals surface area (Å²) in [5.74, 6) is -0.624. The van der Waals surface area contributed by atoms with Crippen molar-refractivity contribution in [3.8, 4) is 0 Å². The van der Waals surface area contributed by atoms with E-state index in [-0.39, 0.29) is 24.4 Å². The number of nitro benzene ring substituents is 1.